The van der Waals surface area contributed by atoms with Crippen molar-refractivity contribution in [2.75, 3.05) is 13.2 Å². The number of aliphatic hydroxyl groups is 1. The molecule has 0 heterocycles. The Hall–Kier alpha value is -0.770. The zero-order chi connectivity index (χ0) is 9.56. The molecule has 72 valence electrons. The van der Waals surface area contributed by atoms with Gasteiger partial charge in [0.1, 0.15) is 0 Å². The van der Waals surface area contributed by atoms with Crippen molar-refractivity contribution in [3.8, 4) is 0 Å². The Bertz CT molecular complexity index is 138. The minimum Gasteiger partial charge on any atom is -0.465 e. The van der Waals surface area contributed by atoms with E-state index in [-0.39, 0.29) is 12.6 Å². The van der Waals surface area contributed by atoms with Crippen molar-refractivity contribution in [3.05, 3.63) is 0 Å². The van der Waals surface area contributed by atoms with Gasteiger partial charge in [0.15, 0.2) is 0 Å². The van der Waals surface area contributed by atoms with Crippen LogP contribution < -0.4 is 0 Å². The minimum atomic E-state index is -0.954. The molecule has 0 spiro atoms. The van der Waals surface area contributed by atoms with E-state index in [9.17, 15) is 4.79 Å². The summed E-state index contributed by atoms with van der Waals surface area (Å²) in [6.07, 6.45) is 0.850. The van der Waals surface area contributed by atoms with Crippen molar-refractivity contribution in [1.29, 1.82) is 0 Å². The molecule has 0 saturated heterocycles. The second-order valence-corrected chi connectivity index (χ2v) is 2.86. The summed E-state index contributed by atoms with van der Waals surface area (Å²) in [6.45, 7) is 4.09. The van der Waals surface area contributed by atoms with Gasteiger partial charge in [0.25, 0.3) is 0 Å². The summed E-state index contributed by atoms with van der Waals surface area (Å²) in [6, 6.07) is -0.297. The molecule has 0 aliphatic carbocycles. The summed E-state index contributed by atoms with van der Waals surface area (Å²) in [7, 11) is 0. The number of rotatable bonds is 5. The molecule has 0 fully saturated rings. The highest BCUT2D eigenvalue weighted by Gasteiger charge is 2.16. The van der Waals surface area contributed by atoms with Crippen LogP contribution in [0.2, 0.25) is 0 Å². The van der Waals surface area contributed by atoms with Crippen LogP contribution in [0.4, 0.5) is 4.79 Å². The third-order valence-electron chi connectivity index (χ3n) is 1.79. The zero-order valence-corrected chi connectivity index (χ0v) is 7.66. The molecule has 0 aromatic rings. The third kappa shape index (κ3) is 3.57. The zero-order valence-electron chi connectivity index (χ0n) is 7.66. The molecule has 12 heavy (non-hydrogen) atoms. The lowest BCUT2D eigenvalue weighted by atomic mass is 10.2. The monoisotopic (exact) mass is 175 g/mol. The second kappa shape index (κ2) is 5.83. The van der Waals surface area contributed by atoms with Gasteiger partial charge in [0.2, 0.25) is 0 Å². The van der Waals surface area contributed by atoms with Gasteiger partial charge in [-0.05, 0) is 13.3 Å². The highest BCUT2D eigenvalue weighted by atomic mass is 16.4. The molecular weight excluding hydrogens is 158 g/mol. The van der Waals surface area contributed by atoms with Crippen molar-refractivity contribution in [3.63, 3.8) is 0 Å². The SMILES string of the molecule is CCCCN(C(=O)O)[C@H](C)CO. The largest absolute Gasteiger partial charge is 0.465 e. The van der Waals surface area contributed by atoms with Crippen LogP contribution in [0.3, 0.4) is 0 Å². The van der Waals surface area contributed by atoms with E-state index in [1.165, 1.54) is 4.90 Å². The average Bonchev–Trinajstić information content (AvgIpc) is 2.04. The molecule has 0 aliphatic rings. The summed E-state index contributed by atoms with van der Waals surface area (Å²) in [5.41, 5.74) is 0. The molecule has 4 heteroatoms. The number of unbranched alkanes of at least 4 members (excludes halogenated alkanes) is 1. The van der Waals surface area contributed by atoms with Gasteiger partial charge >= 0.3 is 6.09 Å². The summed E-state index contributed by atoms with van der Waals surface area (Å²) in [5, 5.41) is 17.5. The number of nitrogens with zero attached hydrogens (tertiary/aromatic N) is 1. The van der Waals surface area contributed by atoms with E-state index in [0.717, 1.165) is 12.8 Å². The van der Waals surface area contributed by atoms with Crippen LogP contribution in [0.1, 0.15) is 26.7 Å². The highest BCUT2D eigenvalue weighted by molar-refractivity contribution is 5.65. The second-order valence-electron chi connectivity index (χ2n) is 2.86. The lowest BCUT2D eigenvalue weighted by Gasteiger charge is -2.24. The molecule has 0 radical (unpaired) electrons. The Labute approximate surface area is 72.8 Å². The molecule has 2 N–H and O–H groups in total. The van der Waals surface area contributed by atoms with Gasteiger partial charge in [-0.1, -0.05) is 13.3 Å². The maximum atomic E-state index is 10.6. The molecule has 1 amide bonds. The number of amides is 1. The summed E-state index contributed by atoms with van der Waals surface area (Å²) < 4.78 is 0. The van der Waals surface area contributed by atoms with Gasteiger partial charge < -0.3 is 15.1 Å². The first kappa shape index (κ1) is 11.2. The predicted molar refractivity (Wildman–Crippen MR) is 46.2 cm³/mol. The molecule has 4 nitrogen and oxygen atoms in total. The van der Waals surface area contributed by atoms with E-state index < -0.39 is 6.09 Å². The van der Waals surface area contributed by atoms with Crippen LogP contribution in [0, 0.1) is 0 Å². The first-order valence-electron chi connectivity index (χ1n) is 4.23. The Morgan fingerprint density at radius 1 is 1.58 bits per heavy atom. The van der Waals surface area contributed by atoms with Crippen LogP contribution >= 0.6 is 0 Å². The van der Waals surface area contributed by atoms with Gasteiger partial charge in [-0.25, -0.2) is 4.79 Å². The van der Waals surface area contributed by atoms with Crippen LogP contribution in [0.25, 0.3) is 0 Å². The molecule has 0 aromatic carbocycles. The number of carboxylic acid groups (broad SMARTS) is 1. The fourth-order valence-electron chi connectivity index (χ4n) is 0.932. The summed E-state index contributed by atoms with van der Waals surface area (Å²) in [4.78, 5) is 11.9. The van der Waals surface area contributed by atoms with Crippen molar-refractivity contribution in [2.24, 2.45) is 0 Å². The quantitative estimate of drug-likeness (QED) is 0.658. The maximum absolute atomic E-state index is 10.6. The molecule has 0 rings (SSSR count). The Morgan fingerprint density at radius 2 is 2.17 bits per heavy atom. The van der Waals surface area contributed by atoms with E-state index in [1.807, 2.05) is 6.92 Å². The number of hydrogen-bond donors (Lipinski definition) is 2. The Morgan fingerprint density at radius 3 is 2.50 bits per heavy atom. The normalized spacial score (nSPS) is 12.6. The highest BCUT2D eigenvalue weighted by Crippen LogP contribution is 2.01. The molecule has 1 atom stereocenters. The fraction of sp³-hybridized carbons (Fsp3) is 0.875. The Kier molecular flexibility index (Phi) is 5.45. The number of hydrogen-bond acceptors (Lipinski definition) is 2. The van der Waals surface area contributed by atoms with E-state index in [1.54, 1.807) is 6.92 Å². The van der Waals surface area contributed by atoms with Crippen molar-refractivity contribution in [1.82, 2.24) is 4.90 Å². The van der Waals surface area contributed by atoms with E-state index in [0.29, 0.717) is 6.54 Å². The molecule has 0 aromatic heterocycles. The summed E-state index contributed by atoms with van der Waals surface area (Å²) in [5.74, 6) is 0. The van der Waals surface area contributed by atoms with Crippen molar-refractivity contribution in [2.45, 2.75) is 32.7 Å². The van der Waals surface area contributed by atoms with Gasteiger partial charge in [-0.15, -0.1) is 0 Å². The average molecular weight is 175 g/mol. The van der Waals surface area contributed by atoms with Crippen molar-refractivity contribution < 1.29 is 15.0 Å². The van der Waals surface area contributed by atoms with E-state index >= 15 is 0 Å². The third-order valence-corrected chi connectivity index (χ3v) is 1.79. The van der Waals surface area contributed by atoms with Gasteiger partial charge in [0.05, 0.1) is 12.6 Å². The standard InChI is InChI=1S/C8H17NO3/c1-3-4-5-9(8(11)12)7(2)6-10/h7,10H,3-6H2,1-2H3,(H,11,12)/t7-/m1/s1. The lowest BCUT2D eigenvalue weighted by molar-refractivity contribution is 0.103. The van der Waals surface area contributed by atoms with E-state index in [4.69, 9.17) is 10.2 Å². The van der Waals surface area contributed by atoms with Gasteiger partial charge in [-0.3, -0.25) is 0 Å². The molecule has 0 saturated carbocycles. The first-order valence-corrected chi connectivity index (χ1v) is 4.23. The topological polar surface area (TPSA) is 60.8 Å². The van der Waals surface area contributed by atoms with Crippen LogP contribution in [0.15, 0.2) is 0 Å². The Balaban J connectivity index is 3.94. The first-order chi connectivity index (χ1) is 5.63. The molecule has 0 bridgehead atoms. The maximum Gasteiger partial charge on any atom is 0.407 e. The molecule has 0 aliphatic heterocycles. The molecular formula is C8H17NO3. The summed E-state index contributed by atoms with van der Waals surface area (Å²) >= 11 is 0. The minimum absolute atomic E-state index is 0.115. The number of carbonyl (C=O) groups is 1. The van der Waals surface area contributed by atoms with Crippen LogP contribution in [-0.4, -0.2) is 40.4 Å². The van der Waals surface area contributed by atoms with Gasteiger partial charge in [0, 0.05) is 6.54 Å². The van der Waals surface area contributed by atoms with Crippen LogP contribution in [-0.2, 0) is 0 Å². The van der Waals surface area contributed by atoms with Crippen molar-refractivity contribution >= 4 is 6.09 Å². The predicted octanol–water partition coefficient (Wildman–Crippen LogP) is 1.15. The van der Waals surface area contributed by atoms with Gasteiger partial charge in [-0.2, -0.15) is 0 Å². The van der Waals surface area contributed by atoms with E-state index in [2.05, 4.69) is 0 Å². The molecule has 0 unspecified atom stereocenters. The van der Waals surface area contributed by atoms with Crippen LogP contribution in [0.5, 0.6) is 0 Å². The number of aliphatic hydroxyl groups excluding tert-OH is 1. The lowest BCUT2D eigenvalue weighted by Crippen LogP contribution is -2.40. The smallest absolute Gasteiger partial charge is 0.407 e. The fourth-order valence-corrected chi connectivity index (χ4v) is 0.932.